The molecule has 5 heteroatoms. The molecule has 20 heavy (non-hydrogen) atoms. The molecule has 0 aromatic carbocycles. The Labute approximate surface area is 122 Å². The van der Waals surface area contributed by atoms with Gasteiger partial charge in [-0.15, -0.1) is 0 Å². The fraction of sp³-hybridized carbons (Fsp3) is 0.667. The minimum atomic E-state index is -0.328. The largest absolute Gasteiger partial charge is 0.465 e. The smallest absolute Gasteiger partial charge is 0.461 e. The van der Waals surface area contributed by atoms with Crippen LogP contribution in [0.25, 0.3) is 0 Å². The third-order valence-corrected chi connectivity index (χ3v) is 4.04. The summed E-state index contributed by atoms with van der Waals surface area (Å²) < 4.78 is 16.6. The zero-order chi connectivity index (χ0) is 15.6. The van der Waals surface area contributed by atoms with Gasteiger partial charge in [-0.1, -0.05) is 12.2 Å². The summed E-state index contributed by atoms with van der Waals surface area (Å²) in [5.41, 5.74) is 0.786. The first kappa shape index (κ1) is 17.0. The van der Waals surface area contributed by atoms with Crippen LogP contribution in [0.2, 0.25) is 6.32 Å². The maximum Gasteiger partial charge on any atom is 0.461 e. The Hall–Kier alpha value is -1.07. The van der Waals surface area contributed by atoms with Gasteiger partial charge in [0.1, 0.15) is 0 Å². The molecule has 1 aliphatic heterocycles. The molecule has 112 valence electrons. The van der Waals surface area contributed by atoms with Gasteiger partial charge in [0.25, 0.3) is 0 Å². The van der Waals surface area contributed by atoms with E-state index >= 15 is 0 Å². The van der Waals surface area contributed by atoms with E-state index in [2.05, 4.69) is 0 Å². The molecule has 1 rings (SSSR count). The Bertz CT molecular complexity index is 419. The van der Waals surface area contributed by atoms with Crippen LogP contribution in [0.4, 0.5) is 0 Å². The van der Waals surface area contributed by atoms with E-state index in [0.29, 0.717) is 11.9 Å². The maximum absolute atomic E-state index is 11.6. The van der Waals surface area contributed by atoms with Crippen LogP contribution in [0, 0.1) is 0 Å². The first-order chi connectivity index (χ1) is 9.14. The first-order valence-electron chi connectivity index (χ1n) is 6.92. The van der Waals surface area contributed by atoms with Gasteiger partial charge < -0.3 is 14.0 Å². The van der Waals surface area contributed by atoms with Gasteiger partial charge in [-0.2, -0.15) is 0 Å². The van der Waals surface area contributed by atoms with Gasteiger partial charge in [-0.05, 0) is 47.1 Å². The highest BCUT2D eigenvalue weighted by atomic mass is 16.7. The van der Waals surface area contributed by atoms with Crippen molar-refractivity contribution in [2.75, 3.05) is 7.11 Å². The molecule has 0 spiro atoms. The Morgan fingerprint density at radius 3 is 2.10 bits per heavy atom. The summed E-state index contributed by atoms with van der Waals surface area (Å²) in [4.78, 5) is 11.6. The van der Waals surface area contributed by atoms with E-state index in [9.17, 15) is 4.79 Å². The van der Waals surface area contributed by atoms with E-state index in [1.165, 1.54) is 7.11 Å². The number of methoxy groups -OCH3 is 1. The summed E-state index contributed by atoms with van der Waals surface area (Å²) in [7, 11) is 1.10. The van der Waals surface area contributed by atoms with Crippen LogP contribution >= 0.6 is 0 Å². The second kappa shape index (κ2) is 6.14. The Morgan fingerprint density at radius 1 is 1.20 bits per heavy atom. The highest BCUT2D eigenvalue weighted by Gasteiger charge is 2.50. The number of allylic oxidation sites excluding steroid dienone is 2. The van der Waals surface area contributed by atoms with Gasteiger partial charge in [-0.25, -0.2) is 4.79 Å². The molecule has 0 aliphatic carbocycles. The van der Waals surface area contributed by atoms with Crippen molar-refractivity contribution in [1.29, 1.82) is 0 Å². The summed E-state index contributed by atoms with van der Waals surface area (Å²) in [6.07, 6.45) is 4.31. The van der Waals surface area contributed by atoms with Crippen molar-refractivity contribution >= 4 is 13.1 Å². The van der Waals surface area contributed by atoms with Crippen LogP contribution in [0.5, 0.6) is 0 Å². The van der Waals surface area contributed by atoms with E-state index < -0.39 is 0 Å². The number of rotatable bonds is 4. The number of hydrogen-bond donors (Lipinski definition) is 0. The number of carbonyl (C=O) groups is 1. The predicted octanol–water partition coefficient (Wildman–Crippen LogP) is 3.14. The topological polar surface area (TPSA) is 44.8 Å². The Kier molecular flexibility index (Phi) is 5.22. The summed E-state index contributed by atoms with van der Waals surface area (Å²) >= 11 is 0. The predicted molar refractivity (Wildman–Crippen MR) is 80.4 cm³/mol. The number of esters is 1. The monoisotopic (exact) mass is 280 g/mol. The molecule has 0 radical (unpaired) electrons. The van der Waals surface area contributed by atoms with Gasteiger partial charge >= 0.3 is 13.1 Å². The van der Waals surface area contributed by atoms with Crippen molar-refractivity contribution < 1.29 is 18.8 Å². The lowest BCUT2D eigenvalue weighted by Crippen LogP contribution is -2.41. The lowest BCUT2D eigenvalue weighted by Gasteiger charge is -2.32. The SMILES string of the molecule is CC=C(C(=O)OC)C(C)=CCB1OC(C)(C)C(C)(C)O1. The minimum Gasteiger partial charge on any atom is -0.465 e. The van der Waals surface area contributed by atoms with Gasteiger partial charge in [-0.3, -0.25) is 0 Å². The molecule has 4 nitrogen and oxygen atoms in total. The average Bonchev–Trinajstić information content (AvgIpc) is 2.56. The normalized spacial score (nSPS) is 22.1. The van der Waals surface area contributed by atoms with Crippen molar-refractivity contribution in [3.05, 3.63) is 23.3 Å². The number of hydrogen-bond acceptors (Lipinski definition) is 4. The maximum atomic E-state index is 11.6. The summed E-state index contributed by atoms with van der Waals surface area (Å²) in [5, 5.41) is 0. The average molecular weight is 280 g/mol. The zero-order valence-corrected chi connectivity index (χ0v) is 13.6. The first-order valence-corrected chi connectivity index (χ1v) is 6.92. The van der Waals surface area contributed by atoms with Gasteiger partial charge in [0.05, 0.1) is 23.9 Å². The van der Waals surface area contributed by atoms with E-state index in [1.54, 1.807) is 6.08 Å². The Morgan fingerprint density at radius 2 is 1.70 bits per heavy atom. The fourth-order valence-electron chi connectivity index (χ4n) is 2.06. The molecular weight excluding hydrogens is 255 g/mol. The lowest BCUT2D eigenvalue weighted by atomic mass is 9.83. The molecule has 1 fully saturated rings. The van der Waals surface area contributed by atoms with Crippen LogP contribution in [-0.4, -0.2) is 31.4 Å². The molecule has 0 N–H and O–H groups in total. The molecule has 0 saturated carbocycles. The van der Waals surface area contributed by atoms with Crippen molar-refractivity contribution in [3.63, 3.8) is 0 Å². The third kappa shape index (κ3) is 3.52. The van der Waals surface area contributed by atoms with Crippen molar-refractivity contribution in [2.45, 2.75) is 59.1 Å². The van der Waals surface area contributed by atoms with Crippen LogP contribution in [-0.2, 0) is 18.8 Å². The van der Waals surface area contributed by atoms with Crippen LogP contribution in [0.1, 0.15) is 41.5 Å². The molecule has 1 saturated heterocycles. The second-order valence-corrected chi connectivity index (χ2v) is 6.00. The zero-order valence-electron chi connectivity index (χ0n) is 13.6. The van der Waals surface area contributed by atoms with Crippen LogP contribution in [0.15, 0.2) is 23.3 Å². The molecule has 0 aromatic heterocycles. The Balaban J connectivity index is 2.72. The summed E-state index contributed by atoms with van der Waals surface area (Å²) in [6.45, 7) is 11.8. The van der Waals surface area contributed by atoms with Crippen molar-refractivity contribution in [1.82, 2.24) is 0 Å². The van der Waals surface area contributed by atoms with Gasteiger partial charge in [0, 0.05) is 6.32 Å². The molecular formula is C15H25BO4. The highest BCUT2D eigenvalue weighted by molar-refractivity contribution is 6.46. The third-order valence-electron chi connectivity index (χ3n) is 4.04. The van der Waals surface area contributed by atoms with Crippen molar-refractivity contribution in [2.24, 2.45) is 0 Å². The summed E-state index contributed by atoms with van der Waals surface area (Å²) in [6, 6.07) is 0. The fourth-order valence-corrected chi connectivity index (χ4v) is 2.06. The van der Waals surface area contributed by atoms with Crippen LogP contribution in [0.3, 0.4) is 0 Å². The van der Waals surface area contributed by atoms with Gasteiger partial charge in [0.2, 0.25) is 0 Å². The molecule has 0 amide bonds. The van der Waals surface area contributed by atoms with Gasteiger partial charge in [0.15, 0.2) is 0 Å². The van der Waals surface area contributed by atoms with E-state index in [-0.39, 0.29) is 24.3 Å². The van der Waals surface area contributed by atoms with E-state index in [1.807, 2.05) is 47.6 Å². The molecule has 1 aliphatic rings. The van der Waals surface area contributed by atoms with E-state index in [0.717, 1.165) is 5.57 Å². The highest BCUT2D eigenvalue weighted by Crippen LogP contribution is 2.37. The lowest BCUT2D eigenvalue weighted by molar-refractivity contribution is -0.135. The molecule has 0 atom stereocenters. The molecule has 0 unspecified atom stereocenters. The second-order valence-electron chi connectivity index (χ2n) is 6.00. The molecule has 0 aromatic rings. The van der Waals surface area contributed by atoms with Crippen LogP contribution < -0.4 is 0 Å². The summed E-state index contributed by atoms with van der Waals surface area (Å²) in [5.74, 6) is -0.324. The van der Waals surface area contributed by atoms with Crippen molar-refractivity contribution in [3.8, 4) is 0 Å². The standard InChI is InChI=1S/C15H25BO4/c1-8-12(13(17)18-7)11(2)9-10-16-19-14(3,4)15(5,6)20-16/h8-9H,10H2,1-7H3. The minimum absolute atomic E-state index is 0.286. The molecule has 0 bridgehead atoms. The van der Waals surface area contributed by atoms with E-state index in [4.69, 9.17) is 14.0 Å². The number of ether oxygens (including phenoxy) is 1. The number of carbonyl (C=O) groups excluding carboxylic acids is 1. The quantitative estimate of drug-likeness (QED) is 0.343. The molecule has 1 heterocycles.